The molecular formula is C32H38F5N7O2. The first-order valence-corrected chi connectivity index (χ1v) is 15.0. The maximum absolute atomic E-state index is 16.0. The number of piperidine rings is 2. The summed E-state index contributed by atoms with van der Waals surface area (Å²) in [5.74, 6) is -0.502. The Balaban J connectivity index is 0.000000892. The second kappa shape index (κ2) is 15.4. The maximum Gasteiger partial charge on any atom is 0.386 e. The molecule has 2 aliphatic heterocycles. The van der Waals surface area contributed by atoms with Gasteiger partial charge in [0.15, 0.2) is 5.67 Å². The first kappa shape index (κ1) is 34.7. The molecule has 0 radical (unpaired) electrons. The van der Waals surface area contributed by atoms with Gasteiger partial charge in [-0.3, -0.25) is 24.5 Å². The summed E-state index contributed by atoms with van der Waals surface area (Å²) in [6.07, 6.45) is 4.37. The predicted octanol–water partition coefficient (Wildman–Crippen LogP) is 5.10. The van der Waals surface area contributed by atoms with Gasteiger partial charge in [0.05, 0.1) is 17.9 Å². The molecule has 1 atom stereocenters. The van der Waals surface area contributed by atoms with Gasteiger partial charge in [-0.15, -0.1) is 0 Å². The van der Waals surface area contributed by atoms with Crippen molar-refractivity contribution in [3.63, 3.8) is 0 Å². The minimum atomic E-state index is -4.00. The summed E-state index contributed by atoms with van der Waals surface area (Å²) in [6.45, 7) is 2.85. The fourth-order valence-corrected chi connectivity index (χ4v) is 5.98. The molecule has 46 heavy (non-hydrogen) atoms. The van der Waals surface area contributed by atoms with Gasteiger partial charge in [-0.1, -0.05) is 6.07 Å². The van der Waals surface area contributed by atoms with Crippen LogP contribution >= 0.6 is 0 Å². The minimum absolute atomic E-state index is 0.0379. The summed E-state index contributed by atoms with van der Waals surface area (Å²) in [6, 6.07) is 9.91. The quantitative estimate of drug-likeness (QED) is 0.254. The predicted molar refractivity (Wildman–Crippen MR) is 161 cm³/mol. The Morgan fingerprint density at radius 1 is 1.07 bits per heavy atom. The molecular weight excluding hydrogens is 609 g/mol. The number of carbonyl (C=O) groups is 2. The molecule has 14 heteroatoms. The second-order valence-electron chi connectivity index (χ2n) is 11.7. The van der Waals surface area contributed by atoms with Crippen molar-refractivity contribution in [3.05, 3.63) is 83.8 Å². The highest BCUT2D eigenvalue weighted by atomic mass is 19.4. The normalized spacial score (nSPS) is 17.8. The van der Waals surface area contributed by atoms with E-state index < -0.39 is 29.6 Å². The number of amides is 2. The molecule has 9 nitrogen and oxygen atoms in total. The smallest absolute Gasteiger partial charge is 0.384 e. The molecule has 2 fully saturated rings. The molecule has 2 amide bonds. The second-order valence-corrected chi connectivity index (χ2v) is 11.7. The van der Waals surface area contributed by atoms with Crippen LogP contribution in [0.2, 0.25) is 0 Å². The molecule has 248 valence electrons. The van der Waals surface area contributed by atoms with Crippen LogP contribution in [0.3, 0.4) is 0 Å². The summed E-state index contributed by atoms with van der Waals surface area (Å²) in [4.78, 5) is 43.5. The van der Waals surface area contributed by atoms with Gasteiger partial charge in [-0.05, 0) is 60.2 Å². The van der Waals surface area contributed by atoms with E-state index in [9.17, 15) is 27.2 Å². The van der Waals surface area contributed by atoms with E-state index in [0.29, 0.717) is 63.6 Å². The number of nitrogen functional groups attached to an aromatic ring is 1. The highest BCUT2D eigenvalue weighted by Crippen LogP contribution is 2.37. The molecule has 0 spiro atoms. The molecule has 5 heterocycles. The van der Waals surface area contributed by atoms with E-state index >= 15 is 4.39 Å². The van der Waals surface area contributed by atoms with Crippen LogP contribution in [0.1, 0.15) is 55.5 Å². The highest BCUT2D eigenvalue weighted by molar-refractivity contribution is 5.85. The lowest BCUT2D eigenvalue weighted by molar-refractivity contribution is -0.149. The van der Waals surface area contributed by atoms with E-state index in [4.69, 9.17) is 5.73 Å². The number of carbonyl (C=O) groups excluding carboxylic acids is 2. The zero-order valence-electron chi connectivity index (χ0n) is 25.5. The average molecular weight is 648 g/mol. The van der Waals surface area contributed by atoms with Gasteiger partial charge in [0.1, 0.15) is 11.6 Å². The van der Waals surface area contributed by atoms with E-state index in [1.807, 2.05) is 18.2 Å². The molecule has 0 aromatic carbocycles. The van der Waals surface area contributed by atoms with Crippen molar-refractivity contribution in [2.24, 2.45) is 5.92 Å². The fraction of sp³-hybridized carbons (Fsp3) is 0.469. The molecule has 0 aliphatic carbocycles. The zero-order chi connectivity index (χ0) is 33.3. The van der Waals surface area contributed by atoms with Gasteiger partial charge in [0.2, 0.25) is 6.41 Å². The number of anilines is 1. The van der Waals surface area contributed by atoms with Gasteiger partial charge in [-0.25, -0.2) is 13.8 Å². The van der Waals surface area contributed by atoms with Crippen molar-refractivity contribution < 1.29 is 31.5 Å². The van der Waals surface area contributed by atoms with Crippen LogP contribution in [0.25, 0.3) is 0 Å². The average Bonchev–Trinajstić information content (AvgIpc) is 3.02. The van der Waals surface area contributed by atoms with Crippen LogP contribution in [0.5, 0.6) is 0 Å². The number of likely N-dealkylation sites (tertiary alicyclic amines) is 2. The molecule has 3 aromatic heterocycles. The summed E-state index contributed by atoms with van der Waals surface area (Å²) in [5, 5.41) is 0. The number of aromatic nitrogens is 3. The molecule has 0 saturated carbocycles. The molecule has 3 aromatic rings. The van der Waals surface area contributed by atoms with E-state index in [-0.39, 0.29) is 25.7 Å². The number of nitrogens with two attached hydrogens (primary N) is 1. The summed E-state index contributed by atoms with van der Waals surface area (Å²) >= 11 is 0. The van der Waals surface area contributed by atoms with Crippen molar-refractivity contribution in [2.75, 3.05) is 31.9 Å². The molecule has 1 unspecified atom stereocenters. The van der Waals surface area contributed by atoms with E-state index in [1.54, 1.807) is 40.5 Å². The largest absolute Gasteiger partial charge is 0.386 e. The number of pyridine rings is 3. The number of alkyl halides is 4. The lowest BCUT2D eigenvalue weighted by Gasteiger charge is -2.42. The van der Waals surface area contributed by atoms with Crippen molar-refractivity contribution in [3.8, 4) is 0 Å². The Morgan fingerprint density at radius 2 is 1.76 bits per heavy atom. The fourth-order valence-electron chi connectivity index (χ4n) is 5.98. The van der Waals surface area contributed by atoms with Crippen molar-refractivity contribution in [1.29, 1.82) is 0 Å². The van der Waals surface area contributed by atoms with Crippen LogP contribution in [0.4, 0.5) is 27.8 Å². The standard InChI is InChI=1S/C30H35F2N7O2.C2H3F3/c31-25-3-4-26(36-18-25)28(39(21-40)20-23-2-1-10-34-17-23)24-6-12-38(13-7-24)29(41)30(32)8-14-37(15-9-30)19-22-5-11-35-27(33)16-22;1-2(3,4)5/h1-5,10-11,16-18,21,24,28H,6-9,12-15,19-20H2,(H2,33,35);1H3. The molecule has 5 rings (SSSR count). The zero-order valence-corrected chi connectivity index (χ0v) is 25.5. The number of hydrogen-bond donors (Lipinski definition) is 1. The SMILES string of the molecule is CC(F)(F)F.Nc1cc(CN2CCC(F)(C(=O)N3CCC(C(c4ccc(F)cn4)N(C=O)Cc4cccnc4)CC3)CC2)ccn1. The van der Waals surface area contributed by atoms with E-state index in [1.165, 1.54) is 6.07 Å². The number of nitrogens with zero attached hydrogens (tertiary/aromatic N) is 6. The third-order valence-electron chi connectivity index (χ3n) is 8.19. The Kier molecular flexibility index (Phi) is 11.6. The number of halogens is 5. The topological polar surface area (TPSA) is 109 Å². The number of hydrogen-bond acceptors (Lipinski definition) is 7. The van der Waals surface area contributed by atoms with Gasteiger partial charge >= 0.3 is 6.18 Å². The van der Waals surface area contributed by atoms with Crippen LogP contribution in [0.15, 0.2) is 61.2 Å². The summed E-state index contributed by atoms with van der Waals surface area (Å²) < 4.78 is 60.7. The molecule has 2 saturated heterocycles. The van der Waals surface area contributed by atoms with Crippen molar-refractivity contribution in [1.82, 2.24) is 29.7 Å². The van der Waals surface area contributed by atoms with Gasteiger partial charge in [0, 0.05) is 77.6 Å². The summed E-state index contributed by atoms with van der Waals surface area (Å²) in [5.41, 5.74) is 6.33. The Morgan fingerprint density at radius 3 is 2.33 bits per heavy atom. The van der Waals surface area contributed by atoms with E-state index in [0.717, 1.165) is 23.7 Å². The van der Waals surface area contributed by atoms with Crippen molar-refractivity contribution >= 4 is 18.1 Å². The number of rotatable bonds is 9. The van der Waals surface area contributed by atoms with Crippen LogP contribution in [-0.2, 0) is 22.7 Å². The minimum Gasteiger partial charge on any atom is -0.384 e. The Labute approximate surface area is 264 Å². The summed E-state index contributed by atoms with van der Waals surface area (Å²) in [7, 11) is 0. The third kappa shape index (κ3) is 9.90. The Hall–Kier alpha value is -4.20. The van der Waals surface area contributed by atoms with Gasteiger partial charge in [0.25, 0.3) is 5.91 Å². The van der Waals surface area contributed by atoms with Gasteiger partial charge < -0.3 is 15.5 Å². The molecule has 2 aliphatic rings. The first-order chi connectivity index (χ1) is 21.8. The van der Waals surface area contributed by atoms with Crippen LogP contribution in [0, 0.1) is 11.7 Å². The molecule has 2 N–H and O–H groups in total. The van der Waals surface area contributed by atoms with E-state index in [2.05, 4.69) is 19.9 Å². The highest BCUT2D eigenvalue weighted by Gasteiger charge is 2.45. The lowest BCUT2D eigenvalue weighted by atomic mass is 9.84. The lowest BCUT2D eigenvalue weighted by Crippen LogP contribution is -2.54. The first-order valence-electron chi connectivity index (χ1n) is 15.0. The van der Waals surface area contributed by atoms with Gasteiger partial charge in [-0.2, -0.15) is 13.2 Å². The molecule has 0 bridgehead atoms. The maximum atomic E-state index is 16.0. The van der Waals surface area contributed by atoms with Crippen LogP contribution < -0.4 is 5.73 Å². The monoisotopic (exact) mass is 647 g/mol. The van der Waals surface area contributed by atoms with Crippen molar-refractivity contribution in [2.45, 2.75) is 63.6 Å². The van der Waals surface area contributed by atoms with Crippen LogP contribution in [-0.4, -0.2) is 80.0 Å². The Bertz CT molecular complexity index is 1410. The third-order valence-corrected chi connectivity index (χ3v) is 8.19.